The molecular weight excluding hydrogens is 410 g/mol. The Labute approximate surface area is 175 Å². The first-order chi connectivity index (χ1) is 14.3. The van der Waals surface area contributed by atoms with E-state index in [9.17, 15) is 24.5 Å². The summed E-state index contributed by atoms with van der Waals surface area (Å²) < 4.78 is 0. The van der Waals surface area contributed by atoms with E-state index in [1.165, 1.54) is 29.2 Å². The highest BCUT2D eigenvalue weighted by atomic mass is 32.1. The molecule has 1 heterocycles. The van der Waals surface area contributed by atoms with Crippen molar-refractivity contribution < 1.29 is 19.3 Å². The van der Waals surface area contributed by atoms with Gasteiger partial charge in [0.05, 0.1) is 10.6 Å². The Kier molecular flexibility index (Phi) is 5.93. The van der Waals surface area contributed by atoms with Crippen molar-refractivity contribution in [3.05, 3.63) is 69.8 Å². The third kappa shape index (κ3) is 4.36. The first-order valence-corrected chi connectivity index (χ1v) is 9.02. The molecule has 10 nitrogen and oxygen atoms in total. The minimum Gasteiger partial charge on any atom is -0.301 e. The fourth-order valence-electron chi connectivity index (χ4n) is 2.63. The number of thiocarbonyl (C=S) groups is 1. The molecule has 152 valence electrons. The normalized spacial score (nSPS) is 16.5. The number of carbonyl (C=O) groups is 3. The van der Waals surface area contributed by atoms with E-state index in [0.717, 1.165) is 11.8 Å². The SMILES string of the molecule is Cc1ccc(N2C(=O)[C@@H](/C=N/NC(=O)c3ccc([N+](=O)[O-])cc3)C(=O)NC2=S)cc1. The zero-order valence-electron chi connectivity index (χ0n) is 15.6. The van der Waals surface area contributed by atoms with Crippen LogP contribution in [0.5, 0.6) is 0 Å². The van der Waals surface area contributed by atoms with Crippen LogP contribution in [0.4, 0.5) is 11.4 Å². The molecule has 11 heteroatoms. The number of amides is 3. The van der Waals surface area contributed by atoms with Crippen LogP contribution in [0, 0.1) is 23.0 Å². The zero-order chi connectivity index (χ0) is 21.8. The molecule has 2 aromatic carbocycles. The number of hydrogen-bond donors (Lipinski definition) is 2. The summed E-state index contributed by atoms with van der Waals surface area (Å²) in [6.07, 6.45) is 1.00. The van der Waals surface area contributed by atoms with Gasteiger partial charge in [-0.2, -0.15) is 5.10 Å². The molecule has 0 aliphatic carbocycles. The van der Waals surface area contributed by atoms with Gasteiger partial charge in [0, 0.05) is 23.9 Å². The van der Waals surface area contributed by atoms with Gasteiger partial charge in [-0.3, -0.25) is 29.4 Å². The lowest BCUT2D eigenvalue weighted by molar-refractivity contribution is -0.384. The molecular formula is C19H15N5O5S. The third-order valence-electron chi connectivity index (χ3n) is 4.22. The van der Waals surface area contributed by atoms with E-state index in [2.05, 4.69) is 15.8 Å². The van der Waals surface area contributed by atoms with Crippen LogP contribution in [-0.2, 0) is 9.59 Å². The summed E-state index contributed by atoms with van der Waals surface area (Å²) in [7, 11) is 0. The van der Waals surface area contributed by atoms with Crippen molar-refractivity contribution in [3.8, 4) is 0 Å². The molecule has 1 aliphatic rings. The van der Waals surface area contributed by atoms with Crippen molar-refractivity contribution >= 4 is 52.6 Å². The number of carbonyl (C=O) groups excluding carboxylic acids is 3. The fraction of sp³-hybridized carbons (Fsp3) is 0.105. The summed E-state index contributed by atoms with van der Waals surface area (Å²) in [6.45, 7) is 1.89. The summed E-state index contributed by atoms with van der Waals surface area (Å²) >= 11 is 5.11. The zero-order valence-corrected chi connectivity index (χ0v) is 16.4. The summed E-state index contributed by atoms with van der Waals surface area (Å²) in [6, 6.07) is 11.9. The highest BCUT2D eigenvalue weighted by molar-refractivity contribution is 7.80. The van der Waals surface area contributed by atoms with Crippen LogP contribution in [0.3, 0.4) is 0 Å². The maximum atomic E-state index is 12.8. The molecule has 0 radical (unpaired) electrons. The number of nitro groups is 1. The van der Waals surface area contributed by atoms with E-state index in [-0.39, 0.29) is 16.4 Å². The lowest BCUT2D eigenvalue weighted by Crippen LogP contribution is -2.58. The average molecular weight is 425 g/mol. The Bertz CT molecular complexity index is 1070. The second-order valence-corrected chi connectivity index (χ2v) is 6.69. The van der Waals surface area contributed by atoms with E-state index >= 15 is 0 Å². The van der Waals surface area contributed by atoms with Gasteiger partial charge in [-0.1, -0.05) is 17.7 Å². The predicted molar refractivity (Wildman–Crippen MR) is 112 cm³/mol. The van der Waals surface area contributed by atoms with Crippen LogP contribution in [0.1, 0.15) is 15.9 Å². The number of aryl methyl sites for hydroxylation is 1. The van der Waals surface area contributed by atoms with Gasteiger partial charge in [-0.25, -0.2) is 5.43 Å². The Balaban J connectivity index is 1.71. The van der Waals surface area contributed by atoms with Crippen LogP contribution in [-0.4, -0.2) is 34.0 Å². The van der Waals surface area contributed by atoms with Gasteiger partial charge in [-0.05, 0) is 43.4 Å². The second-order valence-electron chi connectivity index (χ2n) is 6.30. The van der Waals surface area contributed by atoms with Crippen molar-refractivity contribution in [2.24, 2.45) is 11.0 Å². The smallest absolute Gasteiger partial charge is 0.271 e. The number of hydrazone groups is 1. The van der Waals surface area contributed by atoms with Gasteiger partial charge < -0.3 is 5.32 Å². The van der Waals surface area contributed by atoms with Crippen LogP contribution in [0.25, 0.3) is 0 Å². The Morgan fingerprint density at radius 3 is 2.43 bits per heavy atom. The number of nitro benzene ring substituents is 1. The molecule has 0 saturated carbocycles. The summed E-state index contributed by atoms with van der Waals surface area (Å²) in [5.74, 6) is -3.23. The van der Waals surface area contributed by atoms with Crippen LogP contribution in [0.15, 0.2) is 53.6 Å². The lowest BCUT2D eigenvalue weighted by Gasteiger charge is -2.30. The first-order valence-electron chi connectivity index (χ1n) is 8.61. The maximum Gasteiger partial charge on any atom is 0.271 e. The molecule has 0 aromatic heterocycles. The van der Waals surface area contributed by atoms with Gasteiger partial charge in [0.1, 0.15) is 0 Å². The number of anilines is 1. The quantitative estimate of drug-likeness (QED) is 0.246. The molecule has 3 rings (SSSR count). The third-order valence-corrected chi connectivity index (χ3v) is 4.51. The van der Waals surface area contributed by atoms with Crippen LogP contribution in [0.2, 0.25) is 0 Å². The van der Waals surface area contributed by atoms with E-state index in [0.29, 0.717) is 5.69 Å². The molecule has 1 saturated heterocycles. The molecule has 0 bridgehead atoms. The van der Waals surface area contributed by atoms with Crippen molar-refractivity contribution in [3.63, 3.8) is 0 Å². The fourth-order valence-corrected chi connectivity index (χ4v) is 2.93. The molecule has 2 N–H and O–H groups in total. The van der Waals surface area contributed by atoms with Gasteiger partial charge in [0.25, 0.3) is 17.5 Å². The van der Waals surface area contributed by atoms with E-state index in [4.69, 9.17) is 12.2 Å². The highest BCUT2D eigenvalue weighted by Gasteiger charge is 2.38. The molecule has 1 aliphatic heterocycles. The van der Waals surface area contributed by atoms with E-state index in [1.54, 1.807) is 24.3 Å². The van der Waals surface area contributed by atoms with Crippen LogP contribution >= 0.6 is 12.2 Å². The summed E-state index contributed by atoms with van der Waals surface area (Å²) in [5, 5.41) is 16.7. The van der Waals surface area contributed by atoms with Gasteiger partial charge >= 0.3 is 0 Å². The molecule has 0 spiro atoms. The lowest BCUT2D eigenvalue weighted by atomic mass is 10.1. The number of nitrogens with zero attached hydrogens (tertiary/aromatic N) is 3. The molecule has 3 amide bonds. The molecule has 2 aromatic rings. The topological polar surface area (TPSA) is 134 Å². The molecule has 0 unspecified atom stereocenters. The van der Waals surface area contributed by atoms with Gasteiger partial charge in [-0.15, -0.1) is 0 Å². The van der Waals surface area contributed by atoms with Crippen molar-refractivity contribution in [2.45, 2.75) is 6.92 Å². The molecule has 1 atom stereocenters. The Hall–Kier alpha value is -3.99. The number of hydrogen-bond acceptors (Lipinski definition) is 7. The Morgan fingerprint density at radius 1 is 1.20 bits per heavy atom. The number of rotatable bonds is 5. The van der Waals surface area contributed by atoms with Gasteiger partial charge in [0.15, 0.2) is 11.0 Å². The molecule has 30 heavy (non-hydrogen) atoms. The van der Waals surface area contributed by atoms with Crippen molar-refractivity contribution in [2.75, 3.05) is 4.90 Å². The summed E-state index contributed by atoms with van der Waals surface area (Å²) in [4.78, 5) is 48.3. The number of benzene rings is 2. The minimum absolute atomic E-state index is 0.0478. The number of non-ortho nitro benzene ring substituents is 1. The second kappa shape index (κ2) is 8.57. The average Bonchev–Trinajstić information content (AvgIpc) is 2.71. The van der Waals surface area contributed by atoms with Crippen molar-refractivity contribution in [1.29, 1.82) is 0 Å². The summed E-state index contributed by atoms with van der Waals surface area (Å²) in [5.41, 5.74) is 3.63. The Morgan fingerprint density at radius 2 is 1.83 bits per heavy atom. The standard InChI is InChI=1S/C19H15N5O5S/c1-11-2-6-13(7-3-11)23-18(27)15(17(26)21-19(23)30)10-20-22-16(25)12-4-8-14(9-5-12)24(28)29/h2-10,15H,1H3,(H,22,25)(H,21,26,30)/b20-10+/t15-/m0/s1. The number of nitrogens with one attached hydrogen (secondary N) is 2. The van der Waals surface area contributed by atoms with Crippen LogP contribution < -0.4 is 15.6 Å². The molecule has 1 fully saturated rings. The first kappa shape index (κ1) is 20.7. The van der Waals surface area contributed by atoms with Gasteiger partial charge in [0.2, 0.25) is 5.91 Å². The van der Waals surface area contributed by atoms with E-state index in [1.807, 2.05) is 6.92 Å². The monoisotopic (exact) mass is 425 g/mol. The van der Waals surface area contributed by atoms with Crippen molar-refractivity contribution in [1.82, 2.24) is 10.7 Å². The largest absolute Gasteiger partial charge is 0.301 e. The minimum atomic E-state index is -1.30. The van der Waals surface area contributed by atoms with E-state index < -0.39 is 28.6 Å². The predicted octanol–water partition coefficient (Wildman–Crippen LogP) is 1.68. The maximum absolute atomic E-state index is 12.8. The highest BCUT2D eigenvalue weighted by Crippen LogP contribution is 2.20.